The SMILES string of the molecule is Cc1c(Oc2cccc(O)c2)cnn1C. The van der Waals surface area contributed by atoms with Crippen molar-refractivity contribution in [2.45, 2.75) is 6.92 Å². The second kappa shape index (κ2) is 3.65. The fourth-order valence-electron chi connectivity index (χ4n) is 1.25. The molecule has 0 fully saturated rings. The van der Waals surface area contributed by atoms with Crippen LogP contribution in [0.4, 0.5) is 0 Å². The van der Waals surface area contributed by atoms with E-state index in [2.05, 4.69) is 5.10 Å². The van der Waals surface area contributed by atoms with Gasteiger partial charge in [-0.25, -0.2) is 0 Å². The summed E-state index contributed by atoms with van der Waals surface area (Å²) in [7, 11) is 1.85. The van der Waals surface area contributed by atoms with E-state index in [1.54, 1.807) is 35.1 Å². The fraction of sp³-hybridized carbons (Fsp3) is 0.182. The molecule has 1 aromatic heterocycles. The van der Waals surface area contributed by atoms with Gasteiger partial charge in [-0.15, -0.1) is 0 Å². The maximum Gasteiger partial charge on any atom is 0.168 e. The molecule has 0 aliphatic carbocycles. The number of hydrogen-bond acceptors (Lipinski definition) is 3. The zero-order valence-corrected chi connectivity index (χ0v) is 8.64. The third-order valence-corrected chi connectivity index (χ3v) is 2.24. The average molecular weight is 204 g/mol. The number of nitrogens with zero attached hydrogens (tertiary/aromatic N) is 2. The monoisotopic (exact) mass is 204 g/mol. The van der Waals surface area contributed by atoms with Gasteiger partial charge in [0.15, 0.2) is 5.75 Å². The first-order chi connectivity index (χ1) is 7.16. The highest BCUT2D eigenvalue weighted by atomic mass is 16.5. The second-order valence-electron chi connectivity index (χ2n) is 3.32. The molecule has 78 valence electrons. The molecule has 1 N–H and O–H groups in total. The first kappa shape index (κ1) is 9.58. The molecule has 0 unspecified atom stereocenters. The van der Waals surface area contributed by atoms with Gasteiger partial charge in [-0.3, -0.25) is 4.68 Å². The third-order valence-electron chi connectivity index (χ3n) is 2.24. The van der Waals surface area contributed by atoms with Crippen LogP contribution in [0.25, 0.3) is 0 Å². The fourth-order valence-corrected chi connectivity index (χ4v) is 1.25. The second-order valence-corrected chi connectivity index (χ2v) is 3.32. The highest BCUT2D eigenvalue weighted by Crippen LogP contribution is 2.26. The predicted molar refractivity (Wildman–Crippen MR) is 56.1 cm³/mol. The minimum Gasteiger partial charge on any atom is -0.508 e. The highest BCUT2D eigenvalue weighted by molar-refractivity contribution is 5.36. The van der Waals surface area contributed by atoms with Gasteiger partial charge in [-0.1, -0.05) is 6.07 Å². The lowest BCUT2D eigenvalue weighted by atomic mass is 10.3. The van der Waals surface area contributed by atoms with Crippen LogP contribution in [0.3, 0.4) is 0 Å². The van der Waals surface area contributed by atoms with E-state index in [0.717, 1.165) is 5.69 Å². The van der Waals surface area contributed by atoms with Crippen molar-refractivity contribution in [1.29, 1.82) is 0 Å². The molecule has 0 atom stereocenters. The normalized spacial score (nSPS) is 10.3. The summed E-state index contributed by atoms with van der Waals surface area (Å²) in [5, 5.41) is 13.3. The molecule has 0 radical (unpaired) electrons. The molecule has 0 saturated carbocycles. The summed E-state index contributed by atoms with van der Waals surface area (Å²) in [5.74, 6) is 1.49. The Morgan fingerprint density at radius 1 is 1.40 bits per heavy atom. The molecule has 1 heterocycles. The molecule has 0 amide bonds. The lowest BCUT2D eigenvalue weighted by Crippen LogP contribution is -1.92. The smallest absolute Gasteiger partial charge is 0.168 e. The summed E-state index contributed by atoms with van der Waals surface area (Å²) in [6, 6.07) is 6.68. The van der Waals surface area contributed by atoms with Gasteiger partial charge in [-0.2, -0.15) is 5.10 Å². The van der Waals surface area contributed by atoms with Crippen LogP contribution in [-0.4, -0.2) is 14.9 Å². The van der Waals surface area contributed by atoms with Gasteiger partial charge in [0.25, 0.3) is 0 Å². The minimum absolute atomic E-state index is 0.189. The van der Waals surface area contributed by atoms with Crippen LogP contribution < -0.4 is 4.74 Å². The number of hydrogen-bond donors (Lipinski definition) is 1. The Morgan fingerprint density at radius 3 is 2.80 bits per heavy atom. The van der Waals surface area contributed by atoms with Gasteiger partial charge in [0.2, 0.25) is 0 Å². The summed E-state index contributed by atoms with van der Waals surface area (Å²) < 4.78 is 7.30. The molecule has 2 rings (SSSR count). The summed E-state index contributed by atoms with van der Waals surface area (Å²) in [5.41, 5.74) is 0.943. The van der Waals surface area contributed by atoms with E-state index >= 15 is 0 Å². The maximum atomic E-state index is 9.26. The number of phenols is 1. The topological polar surface area (TPSA) is 47.3 Å². The molecule has 2 aromatic rings. The third kappa shape index (κ3) is 1.93. The largest absolute Gasteiger partial charge is 0.508 e. The molecule has 15 heavy (non-hydrogen) atoms. The zero-order chi connectivity index (χ0) is 10.8. The Balaban J connectivity index is 2.26. The Morgan fingerprint density at radius 2 is 2.20 bits per heavy atom. The molecule has 0 saturated heterocycles. The van der Waals surface area contributed by atoms with Gasteiger partial charge in [0.05, 0.1) is 11.9 Å². The van der Waals surface area contributed by atoms with Crippen LogP contribution >= 0.6 is 0 Å². The van der Waals surface area contributed by atoms with Crippen molar-refractivity contribution in [2.75, 3.05) is 0 Å². The van der Waals surface area contributed by atoms with Crippen LogP contribution in [0.15, 0.2) is 30.5 Å². The summed E-state index contributed by atoms with van der Waals surface area (Å²) in [6.45, 7) is 1.92. The van der Waals surface area contributed by atoms with E-state index in [0.29, 0.717) is 11.5 Å². The molecular weight excluding hydrogens is 192 g/mol. The predicted octanol–water partition coefficient (Wildman–Crippen LogP) is 2.23. The number of aromatic hydroxyl groups is 1. The molecule has 4 nitrogen and oxygen atoms in total. The number of ether oxygens (including phenoxy) is 1. The van der Waals surface area contributed by atoms with Crippen LogP contribution in [0.2, 0.25) is 0 Å². The average Bonchev–Trinajstić information content (AvgIpc) is 2.50. The van der Waals surface area contributed by atoms with Crippen LogP contribution in [0, 0.1) is 6.92 Å². The van der Waals surface area contributed by atoms with Crippen LogP contribution in [-0.2, 0) is 7.05 Å². The van der Waals surface area contributed by atoms with E-state index in [9.17, 15) is 5.11 Å². The molecular formula is C11H12N2O2. The summed E-state index contributed by atoms with van der Waals surface area (Å²) >= 11 is 0. The number of benzene rings is 1. The standard InChI is InChI=1S/C11H12N2O2/c1-8-11(7-12-13(8)2)15-10-5-3-4-9(14)6-10/h3-7,14H,1-2H3. The molecule has 0 aliphatic heterocycles. The van der Waals surface area contributed by atoms with Crippen molar-refractivity contribution in [3.05, 3.63) is 36.2 Å². The lowest BCUT2D eigenvalue weighted by molar-refractivity contribution is 0.453. The van der Waals surface area contributed by atoms with E-state index in [4.69, 9.17) is 4.74 Å². The van der Waals surface area contributed by atoms with Gasteiger partial charge in [0, 0.05) is 13.1 Å². The first-order valence-corrected chi connectivity index (χ1v) is 4.62. The minimum atomic E-state index is 0.189. The van der Waals surface area contributed by atoms with Gasteiger partial charge in [0.1, 0.15) is 11.5 Å². The van der Waals surface area contributed by atoms with Gasteiger partial charge < -0.3 is 9.84 Å². The number of aromatic nitrogens is 2. The Labute approximate surface area is 87.7 Å². The Kier molecular flexibility index (Phi) is 2.33. The number of rotatable bonds is 2. The zero-order valence-electron chi connectivity index (χ0n) is 8.64. The lowest BCUT2D eigenvalue weighted by Gasteiger charge is -2.04. The summed E-state index contributed by atoms with van der Waals surface area (Å²) in [4.78, 5) is 0. The van der Waals surface area contributed by atoms with E-state index in [1.807, 2.05) is 14.0 Å². The molecule has 0 bridgehead atoms. The van der Waals surface area contributed by atoms with Crippen molar-refractivity contribution in [3.63, 3.8) is 0 Å². The maximum absolute atomic E-state index is 9.26. The molecule has 1 aromatic carbocycles. The van der Waals surface area contributed by atoms with Crippen LogP contribution in [0.1, 0.15) is 5.69 Å². The van der Waals surface area contributed by atoms with Crippen molar-refractivity contribution >= 4 is 0 Å². The Hall–Kier alpha value is -1.97. The van der Waals surface area contributed by atoms with Crippen molar-refractivity contribution in [1.82, 2.24) is 9.78 Å². The number of phenolic OH excluding ortho intramolecular Hbond substituents is 1. The highest BCUT2D eigenvalue weighted by Gasteiger charge is 2.05. The van der Waals surface area contributed by atoms with Gasteiger partial charge in [-0.05, 0) is 19.1 Å². The van der Waals surface area contributed by atoms with Crippen LogP contribution in [0.5, 0.6) is 17.2 Å². The van der Waals surface area contributed by atoms with E-state index < -0.39 is 0 Å². The molecule has 0 spiro atoms. The number of aryl methyl sites for hydroxylation is 1. The molecule has 0 aliphatic rings. The Bertz CT molecular complexity index is 477. The van der Waals surface area contributed by atoms with E-state index in [-0.39, 0.29) is 5.75 Å². The molecule has 4 heteroatoms. The van der Waals surface area contributed by atoms with E-state index in [1.165, 1.54) is 0 Å². The summed E-state index contributed by atoms with van der Waals surface area (Å²) in [6.07, 6.45) is 1.65. The van der Waals surface area contributed by atoms with Gasteiger partial charge >= 0.3 is 0 Å². The van der Waals surface area contributed by atoms with Crippen molar-refractivity contribution in [3.8, 4) is 17.2 Å². The quantitative estimate of drug-likeness (QED) is 0.815. The van der Waals surface area contributed by atoms with Crippen molar-refractivity contribution in [2.24, 2.45) is 7.05 Å². The first-order valence-electron chi connectivity index (χ1n) is 4.62. The van der Waals surface area contributed by atoms with Crippen molar-refractivity contribution < 1.29 is 9.84 Å².